The molecule has 1 aromatic heterocycles. The largest absolute Gasteiger partial charge is 0.497 e. The van der Waals surface area contributed by atoms with Gasteiger partial charge in [0.05, 0.1) is 23.3 Å². The van der Waals surface area contributed by atoms with Crippen molar-refractivity contribution in [2.24, 2.45) is 0 Å². The number of carbonyl (C=O) groups is 1. The highest BCUT2D eigenvalue weighted by Gasteiger charge is 2.25. The van der Waals surface area contributed by atoms with E-state index in [1.165, 1.54) is 0 Å². The van der Waals surface area contributed by atoms with Crippen molar-refractivity contribution < 1.29 is 9.53 Å². The zero-order valence-corrected chi connectivity index (χ0v) is 9.52. The summed E-state index contributed by atoms with van der Waals surface area (Å²) < 4.78 is 5.18. The summed E-state index contributed by atoms with van der Waals surface area (Å²) in [4.78, 5) is 14.7. The molecule has 3 nitrogen and oxygen atoms in total. The summed E-state index contributed by atoms with van der Waals surface area (Å²) in [5.41, 5.74) is 2.62. The van der Waals surface area contributed by atoms with E-state index in [2.05, 4.69) is 4.98 Å². The summed E-state index contributed by atoms with van der Waals surface area (Å²) in [5, 5.41) is 1.60. The number of benzene rings is 1. The van der Waals surface area contributed by atoms with Gasteiger partial charge in [0, 0.05) is 17.9 Å². The number of ketones is 1. The van der Waals surface area contributed by atoms with Crippen LogP contribution >= 0.6 is 11.6 Å². The van der Waals surface area contributed by atoms with Gasteiger partial charge in [0.25, 0.3) is 0 Å². The van der Waals surface area contributed by atoms with E-state index < -0.39 is 0 Å². The minimum Gasteiger partial charge on any atom is -0.497 e. The second kappa shape index (κ2) is 3.25. The molecule has 2 aromatic rings. The van der Waals surface area contributed by atoms with E-state index in [1.54, 1.807) is 13.2 Å². The van der Waals surface area contributed by atoms with Gasteiger partial charge in [-0.05, 0) is 18.1 Å². The average molecular weight is 236 g/mol. The summed E-state index contributed by atoms with van der Waals surface area (Å²) in [6.45, 7) is 0. The Balaban J connectivity index is 2.37. The summed E-state index contributed by atoms with van der Waals surface area (Å²) >= 11 is 6.13. The number of carbonyl (C=O) groups excluding carboxylic acids is 1. The maximum absolute atomic E-state index is 11.6. The SMILES string of the molecule is COc1cc(Cl)c2[nH]c3c(c2c1)CCC3=O. The van der Waals surface area contributed by atoms with Crippen LogP contribution in [0.2, 0.25) is 5.02 Å². The molecule has 3 rings (SSSR count). The first kappa shape index (κ1) is 9.73. The van der Waals surface area contributed by atoms with E-state index in [0.717, 1.165) is 28.6 Å². The number of rotatable bonds is 1. The number of aromatic amines is 1. The molecular weight excluding hydrogens is 226 g/mol. The predicted octanol–water partition coefficient (Wildman–Crippen LogP) is 2.96. The van der Waals surface area contributed by atoms with Crippen molar-refractivity contribution in [2.45, 2.75) is 12.8 Å². The molecule has 0 unspecified atom stereocenters. The van der Waals surface area contributed by atoms with Gasteiger partial charge in [-0.3, -0.25) is 4.79 Å². The third-order valence-corrected chi connectivity index (χ3v) is 3.36. The Morgan fingerprint density at radius 3 is 2.94 bits per heavy atom. The average Bonchev–Trinajstić information content (AvgIpc) is 2.80. The number of Topliss-reactive ketones (excluding diaryl/α,β-unsaturated/α-hetero) is 1. The number of methoxy groups -OCH3 is 1. The fourth-order valence-corrected chi connectivity index (χ4v) is 2.52. The number of halogens is 1. The van der Waals surface area contributed by atoms with Gasteiger partial charge < -0.3 is 9.72 Å². The highest BCUT2D eigenvalue weighted by Crippen LogP contribution is 2.36. The number of nitrogens with one attached hydrogen (secondary N) is 1. The standard InChI is InChI=1S/C12H10ClNO2/c1-16-6-4-8-7-2-3-10(15)12(7)14-11(8)9(13)5-6/h4-5,14H,2-3H2,1H3. The molecule has 1 aromatic carbocycles. The van der Waals surface area contributed by atoms with E-state index in [4.69, 9.17) is 16.3 Å². The lowest BCUT2D eigenvalue weighted by Crippen LogP contribution is -1.91. The van der Waals surface area contributed by atoms with Gasteiger partial charge in [-0.15, -0.1) is 0 Å². The highest BCUT2D eigenvalue weighted by molar-refractivity contribution is 6.35. The first-order valence-corrected chi connectivity index (χ1v) is 5.50. The van der Waals surface area contributed by atoms with E-state index in [9.17, 15) is 4.79 Å². The summed E-state index contributed by atoms with van der Waals surface area (Å²) in [5.74, 6) is 0.889. The molecule has 0 bridgehead atoms. The molecule has 4 heteroatoms. The van der Waals surface area contributed by atoms with Crippen molar-refractivity contribution in [1.82, 2.24) is 4.98 Å². The number of aromatic nitrogens is 1. The molecule has 0 amide bonds. The zero-order chi connectivity index (χ0) is 11.3. The molecule has 0 saturated carbocycles. The van der Waals surface area contributed by atoms with Crippen molar-refractivity contribution in [3.05, 3.63) is 28.4 Å². The Labute approximate surface area is 97.4 Å². The smallest absolute Gasteiger partial charge is 0.179 e. The second-order valence-electron chi connectivity index (χ2n) is 3.93. The molecule has 0 aliphatic heterocycles. The Morgan fingerprint density at radius 2 is 2.19 bits per heavy atom. The van der Waals surface area contributed by atoms with Gasteiger partial charge in [0.15, 0.2) is 5.78 Å². The number of H-pyrrole nitrogens is 1. The molecule has 16 heavy (non-hydrogen) atoms. The lowest BCUT2D eigenvalue weighted by atomic mass is 10.1. The number of hydrogen-bond acceptors (Lipinski definition) is 2. The molecule has 82 valence electrons. The van der Waals surface area contributed by atoms with E-state index in [-0.39, 0.29) is 5.78 Å². The normalized spacial score (nSPS) is 14.5. The Morgan fingerprint density at radius 1 is 1.38 bits per heavy atom. The Bertz CT molecular complexity index is 601. The van der Waals surface area contributed by atoms with Crippen LogP contribution < -0.4 is 4.74 Å². The van der Waals surface area contributed by atoms with Gasteiger partial charge in [-0.2, -0.15) is 0 Å². The van der Waals surface area contributed by atoms with Gasteiger partial charge in [-0.25, -0.2) is 0 Å². The van der Waals surface area contributed by atoms with Crippen molar-refractivity contribution in [3.63, 3.8) is 0 Å². The number of hydrogen-bond donors (Lipinski definition) is 1. The first-order valence-electron chi connectivity index (χ1n) is 5.12. The number of fused-ring (bicyclic) bond motifs is 3. The Kier molecular flexibility index (Phi) is 1.98. The lowest BCUT2D eigenvalue weighted by Gasteiger charge is -2.02. The Hall–Kier alpha value is -1.48. The maximum atomic E-state index is 11.6. The van der Waals surface area contributed by atoms with Crippen molar-refractivity contribution >= 4 is 28.3 Å². The van der Waals surface area contributed by atoms with E-state index in [1.807, 2.05) is 6.07 Å². The number of ether oxygens (including phenoxy) is 1. The zero-order valence-electron chi connectivity index (χ0n) is 8.76. The molecule has 1 aliphatic carbocycles. The van der Waals surface area contributed by atoms with Crippen LogP contribution in [-0.2, 0) is 6.42 Å². The molecule has 0 fully saturated rings. The van der Waals surface area contributed by atoms with E-state index in [0.29, 0.717) is 17.1 Å². The fraction of sp³-hybridized carbons (Fsp3) is 0.250. The highest BCUT2D eigenvalue weighted by atomic mass is 35.5. The second-order valence-corrected chi connectivity index (χ2v) is 4.34. The third kappa shape index (κ3) is 1.18. The van der Waals surface area contributed by atoms with Crippen LogP contribution in [0.1, 0.15) is 22.5 Å². The minimum atomic E-state index is 0.168. The molecule has 0 spiro atoms. The summed E-state index contributed by atoms with van der Waals surface area (Å²) in [7, 11) is 1.61. The molecule has 0 radical (unpaired) electrons. The summed E-state index contributed by atoms with van der Waals surface area (Å²) in [6, 6.07) is 3.68. The van der Waals surface area contributed by atoms with Crippen LogP contribution in [-0.4, -0.2) is 17.9 Å². The predicted molar refractivity (Wildman–Crippen MR) is 62.5 cm³/mol. The lowest BCUT2D eigenvalue weighted by molar-refractivity contribution is 0.0991. The van der Waals surface area contributed by atoms with Gasteiger partial charge in [0.2, 0.25) is 0 Å². The van der Waals surface area contributed by atoms with Gasteiger partial charge in [-0.1, -0.05) is 11.6 Å². The quantitative estimate of drug-likeness (QED) is 0.826. The van der Waals surface area contributed by atoms with Crippen LogP contribution in [0.25, 0.3) is 10.9 Å². The topological polar surface area (TPSA) is 42.1 Å². The van der Waals surface area contributed by atoms with Crippen molar-refractivity contribution in [3.8, 4) is 5.75 Å². The van der Waals surface area contributed by atoms with Crippen molar-refractivity contribution in [2.75, 3.05) is 7.11 Å². The summed E-state index contributed by atoms with van der Waals surface area (Å²) in [6.07, 6.45) is 1.38. The molecule has 0 saturated heterocycles. The molecular formula is C12H10ClNO2. The third-order valence-electron chi connectivity index (χ3n) is 3.06. The number of aryl methyl sites for hydroxylation is 1. The van der Waals surface area contributed by atoms with Crippen LogP contribution in [0.5, 0.6) is 5.75 Å². The van der Waals surface area contributed by atoms with Crippen LogP contribution in [0.4, 0.5) is 0 Å². The van der Waals surface area contributed by atoms with Crippen LogP contribution in [0.3, 0.4) is 0 Å². The van der Waals surface area contributed by atoms with Gasteiger partial charge >= 0.3 is 0 Å². The molecule has 1 heterocycles. The van der Waals surface area contributed by atoms with E-state index >= 15 is 0 Å². The van der Waals surface area contributed by atoms with Gasteiger partial charge in [0.1, 0.15) is 5.75 Å². The fourth-order valence-electron chi connectivity index (χ4n) is 2.26. The monoisotopic (exact) mass is 235 g/mol. The molecule has 0 atom stereocenters. The van der Waals surface area contributed by atoms with Crippen LogP contribution in [0, 0.1) is 0 Å². The molecule has 1 aliphatic rings. The first-order chi connectivity index (χ1) is 7.70. The molecule has 1 N–H and O–H groups in total. The van der Waals surface area contributed by atoms with Crippen molar-refractivity contribution in [1.29, 1.82) is 0 Å². The minimum absolute atomic E-state index is 0.168. The van der Waals surface area contributed by atoms with Crippen LogP contribution in [0.15, 0.2) is 12.1 Å². The maximum Gasteiger partial charge on any atom is 0.179 e.